The summed E-state index contributed by atoms with van der Waals surface area (Å²) in [6.45, 7) is 18.2. The van der Waals surface area contributed by atoms with Crippen molar-refractivity contribution in [3.05, 3.63) is 53.6 Å². The van der Waals surface area contributed by atoms with Gasteiger partial charge in [-0.1, -0.05) is 53.7 Å². The molecule has 0 saturated carbocycles. The fraction of sp³-hybridized carbons (Fsp3) is 0.458. The molecule has 0 aliphatic rings. The molecule has 0 N–H and O–H groups in total. The summed E-state index contributed by atoms with van der Waals surface area (Å²) in [6.07, 6.45) is 0. The molecule has 0 aliphatic carbocycles. The molecule has 0 unspecified atom stereocenters. The Balaban J connectivity index is 0.00000243. The average molecular weight is 414 g/mol. The lowest BCUT2D eigenvalue weighted by atomic mass is 9.85. The Morgan fingerprint density at radius 1 is 0.654 bits per heavy atom. The molecular weight excluding hydrogens is 382 g/mol. The average Bonchev–Trinajstić information content (AvgIpc) is 2.49. The molecule has 2 heteroatoms. The number of fused-ring (bicyclic) bond motifs is 2. The van der Waals surface area contributed by atoms with Crippen LogP contribution in [0.4, 0.5) is 0 Å². The van der Waals surface area contributed by atoms with Gasteiger partial charge < -0.3 is 17.0 Å². The highest BCUT2D eigenvalue weighted by atomic mass is 79.9. The molecule has 1 nitrogen and oxygen atoms in total. The maximum atomic E-state index is 2.48. The van der Waals surface area contributed by atoms with Gasteiger partial charge in [-0.3, -0.25) is 0 Å². The number of hydrogen-bond acceptors (Lipinski definition) is 0. The monoisotopic (exact) mass is 413 g/mol. The Morgan fingerprint density at radius 2 is 1.04 bits per heavy atom. The van der Waals surface area contributed by atoms with E-state index in [9.17, 15) is 0 Å². The lowest BCUT2D eigenvalue weighted by Crippen LogP contribution is -3.00. The van der Waals surface area contributed by atoms with Gasteiger partial charge in [-0.25, -0.2) is 0 Å². The second-order valence-electron chi connectivity index (χ2n) is 9.66. The number of nitrogens with zero attached hydrogens (tertiary/aromatic N) is 1. The molecule has 3 aromatic rings. The van der Waals surface area contributed by atoms with E-state index in [0.717, 1.165) is 0 Å². The molecular formula is C24H32BrN. The van der Waals surface area contributed by atoms with Crippen LogP contribution in [-0.2, 0) is 10.8 Å². The van der Waals surface area contributed by atoms with Crippen molar-refractivity contribution in [3.63, 3.8) is 0 Å². The van der Waals surface area contributed by atoms with E-state index in [1.54, 1.807) is 0 Å². The minimum Gasteiger partial charge on any atom is -1.00 e. The maximum absolute atomic E-state index is 2.48. The smallest absolute Gasteiger partial charge is 0.213 e. The Hall–Kier alpha value is -1.41. The normalized spacial score (nSPS) is 12.7. The molecule has 0 aliphatic heterocycles. The van der Waals surface area contributed by atoms with Crippen molar-refractivity contribution in [2.24, 2.45) is 0 Å². The molecule has 0 amide bonds. The van der Waals surface area contributed by atoms with Crippen LogP contribution < -0.4 is 21.5 Å². The zero-order chi connectivity index (χ0) is 18.6. The Bertz CT molecular complexity index is 868. The molecule has 140 valence electrons. The Labute approximate surface area is 169 Å². The Kier molecular flexibility index (Phi) is 5.59. The van der Waals surface area contributed by atoms with Crippen LogP contribution in [0, 0.1) is 0 Å². The van der Waals surface area contributed by atoms with Crippen LogP contribution in [0.2, 0.25) is 0 Å². The summed E-state index contributed by atoms with van der Waals surface area (Å²) in [6, 6.07) is 16.7. The van der Waals surface area contributed by atoms with Gasteiger partial charge >= 0.3 is 0 Å². The molecule has 3 rings (SSSR count). The quantitative estimate of drug-likeness (QED) is 0.424. The number of halogens is 1. The van der Waals surface area contributed by atoms with Gasteiger partial charge in [-0.05, 0) is 54.0 Å². The largest absolute Gasteiger partial charge is 1.00 e. The second-order valence-corrected chi connectivity index (χ2v) is 9.66. The van der Waals surface area contributed by atoms with Crippen LogP contribution in [-0.4, -0.2) is 0 Å². The van der Waals surface area contributed by atoms with Gasteiger partial charge in [0.05, 0.1) is 0 Å². The zero-order valence-electron chi connectivity index (χ0n) is 17.4. The molecule has 0 spiro atoms. The van der Waals surface area contributed by atoms with E-state index in [4.69, 9.17) is 0 Å². The summed E-state index contributed by atoms with van der Waals surface area (Å²) >= 11 is 0. The maximum Gasteiger partial charge on any atom is 0.213 e. The van der Waals surface area contributed by atoms with Crippen LogP contribution in [0.1, 0.15) is 72.6 Å². The summed E-state index contributed by atoms with van der Waals surface area (Å²) in [4.78, 5) is 0. The first-order valence-corrected chi connectivity index (χ1v) is 9.41. The molecule has 0 saturated heterocycles. The molecule has 0 fully saturated rings. The number of rotatable bonds is 1. The first-order valence-electron chi connectivity index (χ1n) is 9.41. The summed E-state index contributed by atoms with van der Waals surface area (Å²) in [7, 11) is 0. The van der Waals surface area contributed by atoms with Gasteiger partial charge in [0.2, 0.25) is 11.0 Å². The van der Waals surface area contributed by atoms with Crippen molar-refractivity contribution in [1.82, 2.24) is 0 Å². The summed E-state index contributed by atoms with van der Waals surface area (Å²) in [5, 5.41) is 2.67. The number of hydrogen-bond donors (Lipinski definition) is 0. The van der Waals surface area contributed by atoms with Crippen LogP contribution in [0.15, 0.2) is 42.5 Å². The van der Waals surface area contributed by atoms with Gasteiger partial charge in [0.1, 0.15) is 0 Å². The van der Waals surface area contributed by atoms with E-state index in [-0.39, 0.29) is 27.8 Å². The van der Waals surface area contributed by atoms with Crippen molar-refractivity contribution in [2.75, 3.05) is 0 Å². The van der Waals surface area contributed by atoms with Crippen molar-refractivity contribution in [1.29, 1.82) is 0 Å². The van der Waals surface area contributed by atoms with Gasteiger partial charge in [-0.2, -0.15) is 4.57 Å². The van der Waals surface area contributed by atoms with E-state index >= 15 is 0 Å². The lowest BCUT2D eigenvalue weighted by molar-refractivity contribution is -0.666. The van der Waals surface area contributed by atoms with Crippen molar-refractivity contribution in [2.45, 2.75) is 72.3 Å². The summed E-state index contributed by atoms with van der Waals surface area (Å²) in [5.41, 5.74) is 5.75. The van der Waals surface area contributed by atoms with E-state index < -0.39 is 0 Å². The molecule has 0 radical (unpaired) electrons. The molecule has 2 aromatic carbocycles. The fourth-order valence-electron chi connectivity index (χ4n) is 3.57. The number of aromatic nitrogens is 1. The van der Waals surface area contributed by atoms with Gasteiger partial charge in [0.25, 0.3) is 0 Å². The molecule has 0 bridgehead atoms. The molecule has 1 heterocycles. The van der Waals surface area contributed by atoms with Gasteiger partial charge in [0, 0.05) is 22.9 Å². The minimum atomic E-state index is 0. The predicted molar refractivity (Wildman–Crippen MR) is 109 cm³/mol. The number of benzene rings is 2. The van der Waals surface area contributed by atoms with E-state index in [0.29, 0.717) is 6.04 Å². The standard InChI is InChI=1S/C24H32N.BrH/c1-16(2)25-21-11-9-19(23(3,4)5)14-17(21)13-18-15-20(24(6,7)8)10-12-22(18)25;/h9-16H,1-8H3;1H/q+1;/p-1. The Morgan fingerprint density at radius 3 is 1.35 bits per heavy atom. The third-order valence-electron chi connectivity index (χ3n) is 5.13. The van der Waals surface area contributed by atoms with Crippen LogP contribution in [0.5, 0.6) is 0 Å². The van der Waals surface area contributed by atoms with Gasteiger partial charge in [-0.15, -0.1) is 0 Å². The van der Waals surface area contributed by atoms with Crippen LogP contribution in [0.3, 0.4) is 0 Å². The highest BCUT2D eigenvalue weighted by Gasteiger charge is 2.22. The highest BCUT2D eigenvalue weighted by molar-refractivity contribution is 5.89. The third-order valence-corrected chi connectivity index (χ3v) is 5.13. The molecule has 0 atom stereocenters. The minimum absolute atomic E-state index is 0. The van der Waals surface area contributed by atoms with Crippen LogP contribution >= 0.6 is 0 Å². The van der Waals surface area contributed by atoms with Gasteiger partial charge in [0.15, 0.2) is 6.04 Å². The van der Waals surface area contributed by atoms with Crippen LogP contribution in [0.25, 0.3) is 21.8 Å². The predicted octanol–water partition coefficient (Wildman–Crippen LogP) is 3.46. The lowest BCUT2D eigenvalue weighted by Gasteiger charge is -2.21. The first-order chi connectivity index (χ1) is 11.5. The topological polar surface area (TPSA) is 3.88 Å². The van der Waals surface area contributed by atoms with Crippen molar-refractivity contribution >= 4 is 21.8 Å². The van der Waals surface area contributed by atoms with E-state index in [1.165, 1.54) is 32.9 Å². The molecule has 1 aromatic heterocycles. The van der Waals surface area contributed by atoms with Crippen molar-refractivity contribution < 1.29 is 21.5 Å². The second kappa shape index (κ2) is 6.96. The highest BCUT2D eigenvalue weighted by Crippen LogP contribution is 2.30. The third kappa shape index (κ3) is 3.81. The fourth-order valence-corrected chi connectivity index (χ4v) is 3.57. The van der Waals surface area contributed by atoms with E-state index in [1.807, 2.05) is 0 Å². The van der Waals surface area contributed by atoms with Crippen molar-refractivity contribution in [3.8, 4) is 0 Å². The number of pyridine rings is 1. The summed E-state index contributed by atoms with van der Waals surface area (Å²) in [5.74, 6) is 0. The molecule has 26 heavy (non-hydrogen) atoms. The first kappa shape index (κ1) is 20.9. The van der Waals surface area contributed by atoms with E-state index in [2.05, 4.69) is 102 Å². The summed E-state index contributed by atoms with van der Waals surface area (Å²) < 4.78 is 2.48. The zero-order valence-corrected chi connectivity index (χ0v) is 19.0. The SMILES string of the molecule is CC(C)[n+]1c2ccc(C(C)(C)C)cc2cc2cc(C(C)(C)C)ccc21.[Br-].